The van der Waals surface area contributed by atoms with Crippen LogP contribution in [0, 0.1) is 6.92 Å². The van der Waals surface area contributed by atoms with Crippen LogP contribution in [0.5, 0.6) is 0 Å². The third-order valence-electron chi connectivity index (χ3n) is 3.82. The van der Waals surface area contributed by atoms with Crippen LogP contribution in [0.25, 0.3) is 11.0 Å². The molecule has 0 unspecified atom stereocenters. The van der Waals surface area contributed by atoms with E-state index in [1.165, 1.54) is 0 Å². The number of benzene rings is 1. The van der Waals surface area contributed by atoms with Crippen molar-refractivity contribution >= 4 is 16.9 Å². The molecular weight excluding hydrogens is 252 g/mol. The van der Waals surface area contributed by atoms with Crippen LogP contribution in [0.1, 0.15) is 29.0 Å². The molecule has 0 saturated carbocycles. The van der Waals surface area contributed by atoms with Crippen molar-refractivity contribution in [3.8, 4) is 0 Å². The highest BCUT2D eigenvalue weighted by Gasteiger charge is 2.19. The maximum Gasteiger partial charge on any atom is 0.251 e. The fourth-order valence-corrected chi connectivity index (χ4v) is 2.83. The normalized spacial score (nSPS) is 20.2. The summed E-state index contributed by atoms with van der Waals surface area (Å²) >= 11 is 0. The van der Waals surface area contributed by atoms with E-state index in [1.807, 2.05) is 25.1 Å². The monoisotopic (exact) mass is 272 g/mol. The highest BCUT2D eigenvalue weighted by Crippen LogP contribution is 2.14. The third-order valence-corrected chi connectivity index (χ3v) is 3.82. The van der Waals surface area contributed by atoms with Gasteiger partial charge in [-0.15, -0.1) is 0 Å². The van der Waals surface area contributed by atoms with E-state index in [1.54, 1.807) is 0 Å². The van der Waals surface area contributed by atoms with Crippen LogP contribution in [0.15, 0.2) is 18.2 Å². The van der Waals surface area contributed by atoms with Crippen molar-refractivity contribution < 1.29 is 4.79 Å². The summed E-state index contributed by atoms with van der Waals surface area (Å²) in [5.74, 6) is 0.867. The van der Waals surface area contributed by atoms with Gasteiger partial charge in [0.2, 0.25) is 0 Å². The number of nitrogens with zero attached hydrogens (tertiary/aromatic N) is 2. The van der Waals surface area contributed by atoms with Crippen molar-refractivity contribution in [3.63, 3.8) is 0 Å². The van der Waals surface area contributed by atoms with E-state index in [0.29, 0.717) is 5.56 Å². The lowest BCUT2D eigenvalue weighted by atomic mass is 10.1. The molecule has 3 rings (SSSR count). The van der Waals surface area contributed by atoms with E-state index >= 15 is 0 Å². The Morgan fingerprint density at radius 2 is 2.35 bits per heavy atom. The van der Waals surface area contributed by atoms with E-state index in [-0.39, 0.29) is 11.9 Å². The number of rotatable bonds is 2. The Kier molecular flexibility index (Phi) is 3.44. The standard InChI is InChI=1S/C15H20N4O/c1-10-16-13-6-5-11(8-14(13)17-10)15(20)18-12-4-3-7-19(2)9-12/h5-6,8,12H,3-4,7,9H2,1-2H3,(H,16,17)(H,18,20)/t12-/m1/s1. The molecule has 1 atom stereocenters. The number of likely N-dealkylation sites (N-methyl/N-ethyl adjacent to an activating group) is 1. The van der Waals surface area contributed by atoms with Crippen LogP contribution in [0.2, 0.25) is 0 Å². The number of likely N-dealkylation sites (tertiary alicyclic amines) is 1. The summed E-state index contributed by atoms with van der Waals surface area (Å²) in [6, 6.07) is 5.85. The van der Waals surface area contributed by atoms with E-state index in [0.717, 1.165) is 42.8 Å². The summed E-state index contributed by atoms with van der Waals surface area (Å²) in [4.78, 5) is 22.1. The van der Waals surface area contributed by atoms with E-state index in [9.17, 15) is 4.79 Å². The van der Waals surface area contributed by atoms with Crippen molar-refractivity contribution in [2.45, 2.75) is 25.8 Å². The Hall–Kier alpha value is -1.88. The van der Waals surface area contributed by atoms with E-state index in [2.05, 4.69) is 27.2 Å². The zero-order valence-electron chi connectivity index (χ0n) is 11.9. The minimum absolute atomic E-state index is 0.000506. The molecular formula is C15H20N4O. The Bertz CT molecular complexity index is 634. The van der Waals surface area contributed by atoms with Gasteiger partial charge in [-0.3, -0.25) is 4.79 Å². The molecule has 1 aliphatic rings. The van der Waals surface area contributed by atoms with Gasteiger partial charge in [0.15, 0.2) is 0 Å². The quantitative estimate of drug-likeness (QED) is 0.874. The van der Waals surface area contributed by atoms with Crippen LogP contribution in [0.4, 0.5) is 0 Å². The minimum Gasteiger partial charge on any atom is -0.348 e. The van der Waals surface area contributed by atoms with Crippen molar-refractivity contribution in [3.05, 3.63) is 29.6 Å². The zero-order valence-corrected chi connectivity index (χ0v) is 11.9. The maximum absolute atomic E-state index is 12.3. The molecule has 0 radical (unpaired) electrons. The average molecular weight is 272 g/mol. The van der Waals surface area contributed by atoms with Crippen LogP contribution < -0.4 is 5.32 Å². The summed E-state index contributed by atoms with van der Waals surface area (Å²) in [6.45, 7) is 3.96. The number of aromatic amines is 1. The molecule has 5 nitrogen and oxygen atoms in total. The highest BCUT2D eigenvalue weighted by molar-refractivity contribution is 5.97. The van der Waals surface area contributed by atoms with Gasteiger partial charge < -0.3 is 15.2 Å². The molecule has 1 aromatic carbocycles. The summed E-state index contributed by atoms with van der Waals surface area (Å²) in [6.07, 6.45) is 2.20. The number of H-pyrrole nitrogens is 1. The molecule has 106 valence electrons. The van der Waals surface area contributed by atoms with Crippen molar-refractivity contribution in [2.75, 3.05) is 20.1 Å². The molecule has 1 fully saturated rings. The first-order valence-electron chi connectivity index (χ1n) is 7.07. The van der Waals surface area contributed by atoms with Crippen LogP contribution >= 0.6 is 0 Å². The zero-order chi connectivity index (χ0) is 14.1. The second-order valence-corrected chi connectivity index (χ2v) is 5.63. The fourth-order valence-electron chi connectivity index (χ4n) is 2.83. The molecule has 0 aliphatic carbocycles. The molecule has 2 N–H and O–H groups in total. The topological polar surface area (TPSA) is 61.0 Å². The molecule has 2 heterocycles. The number of carbonyl (C=O) groups excluding carboxylic acids is 1. The van der Waals surface area contributed by atoms with Gasteiger partial charge in [0, 0.05) is 18.2 Å². The number of carbonyl (C=O) groups is 1. The minimum atomic E-state index is -0.000506. The largest absolute Gasteiger partial charge is 0.348 e. The first-order chi connectivity index (χ1) is 9.61. The number of nitrogens with one attached hydrogen (secondary N) is 2. The number of aromatic nitrogens is 2. The summed E-state index contributed by atoms with van der Waals surface area (Å²) in [7, 11) is 2.09. The van der Waals surface area contributed by atoms with Gasteiger partial charge >= 0.3 is 0 Å². The SMILES string of the molecule is Cc1nc2ccc(C(=O)N[C@@H]3CCCN(C)C3)cc2[nH]1. The number of fused-ring (bicyclic) bond motifs is 1. The number of piperidine rings is 1. The van der Waals surface area contributed by atoms with Gasteiger partial charge in [0.1, 0.15) is 5.82 Å². The Morgan fingerprint density at radius 3 is 3.15 bits per heavy atom. The van der Waals surface area contributed by atoms with Crippen molar-refractivity contribution in [2.24, 2.45) is 0 Å². The molecule has 1 aliphatic heterocycles. The van der Waals surface area contributed by atoms with Gasteiger partial charge in [-0.05, 0) is 51.6 Å². The van der Waals surface area contributed by atoms with Crippen molar-refractivity contribution in [1.29, 1.82) is 0 Å². The Morgan fingerprint density at radius 1 is 1.50 bits per heavy atom. The lowest BCUT2D eigenvalue weighted by molar-refractivity contribution is 0.0912. The average Bonchev–Trinajstić information content (AvgIpc) is 2.77. The maximum atomic E-state index is 12.3. The van der Waals surface area contributed by atoms with Crippen LogP contribution in [-0.4, -0.2) is 47.0 Å². The molecule has 1 saturated heterocycles. The second kappa shape index (κ2) is 5.25. The Labute approximate surface area is 118 Å². The molecule has 0 spiro atoms. The third kappa shape index (κ3) is 2.67. The molecule has 2 aromatic rings. The predicted octanol–water partition coefficient (Wildman–Crippen LogP) is 1.70. The van der Waals surface area contributed by atoms with Gasteiger partial charge in [-0.25, -0.2) is 4.98 Å². The van der Waals surface area contributed by atoms with E-state index < -0.39 is 0 Å². The van der Waals surface area contributed by atoms with Crippen LogP contribution in [0.3, 0.4) is 0 Å². The van der Waals surface area contributed by atoms with Gasteiger partial charge in [0.25, 0.3) is 5.91 Å². The lowest BCUT2D eigenvalue weighted by Crippen LogP contribution is -2.46. The van der Waals surface area contributed by atoms with Crippen LogP contribution in [-0.2, 0) is 0 Å². The molecule has 1 aromatic heterocycles. The fraction of sp³-hybridized carbons (Fsp3) is 0.467. The van der Waals surface area contributed by atoms with Gasteiger partial charge in [-0.1, -0.05) is 0 Å². The van der Waals surface area contributed by atoms with Gasteiger partial charge in [0.05, 0.1) is 11.0 Å². The molecule has 5 heteroatoms. The first-order valence-corrected chi connectivity index (χ1v) is 7.07. The summed E-state index contributed by atoms with van der Waals surface area (Å²) in [5.41, 5.74) is 2.50. The van der Waals surface area contributed by atoms with E-state index in [4.69, 9.17) is 0 Å². The molecule has 1 amide bonds. The van der Waals surface area contributed by atoms with Gasteiger partial charge in [-0.2, -0.15) is 0 Å². The highest BCUT2D eigenvalue weighted by atomic mass is 16.1. The second-order valence-electron chi connectivity index (χ2n) is 5.63. The Balaban J connectivity index is 1.74. The number of aryl methyl sites for hydroxylation is 1. The molecule has 20 heavy (non-hydrogen) atoms. The van der Waals surface area contributed by atoms with Crippen molar-refractivity contribution in [1.82, 2.24) is 20.2 Å². The summed E-state index contributed by atoms with van der Waals surface area (Å²) < 4.78 is 0. The number of hydrogen-bond acceptors (Lipinski definition) is 3. The summed E-state index contributed by atoms with van der Waals surface area (Å²) in [5, 5.41) is 3.12. The lowest BCUT2D eigenvalue weighted by Gasteiger charge is -2.30. The molecule has 0 bridgehead atoms. The number of imidazole rings is 1. The number of amides is 1. The smallest absolute Gasteiger partial charge is 0.251 e. The number of hydrogen-bond donors (Lipinski definition) is 2. The first kappa shape index (κ1) is 13.1. The predicted molar refractivity (Wildman–Crippen MR) is 78.8 cm³/mol.